The predicted molar refractivity (Wildman–Crippen MR) is 68.1 cm³/mol. The summed E-state index contributed by atoms with van der Waals surface area (Å²) in [5.74, 6) is -0.838. The maximum absolute atomic E-state index is 11.6. The number of hydrogen-bond donors (Lipinski definition) is 1. The minimum atomic E-state index is -0.998. The Labute approximate surface area is 120 Å². The number of benzene rings is 2. The minimum Gasteiger partial charge on any atom is -1.00 e. The maximum atomic E-state index is 11.6. The van der Waals surface area contributed by atoms with Crippen LogP contribution in [0.3, 0.4) is 0 Å². The summed E-state index contributed by atoms with van der Waals surface area (Å²) in [6.07, 6.45) is 0. The number of rotatable bonds is 3. The summed E-state index contributed by atoms with van der Waals surface area (Å²) in [7, 11) is 0. The Morgan fingerprint density at radius 1 is 0.944 bits per heavy atom. The summed E-state index contributed by atoms with van der Waals surface area (Å²) in [5.41, 5.74) is 0.583. The van der Waals surface area contributed by atoms with Gasteiger partial charge in [-0.15, -0.1) is 0 Å². The van der Waals surface area contributed by atoms with Gasteiger partial charge in [-0.3, -0.25) is 4.79 Å². The van der Waals surface area contributed by atoms with E-state index in [1.807, 2.05) is 60.7 Å². The smallest absolute Gasteiger partial charge is 1.00 e. The van der Waals surface area contributed by atoms with E-state index in [-0.39, 0.29) is 20.3 Å². The Bertz CT molecular complexity index is 475. The van der Waals surface area contributed by atoms with Crippen molar-refractivity contribution in [3.8, 4) is 0 Å². The van der Waals surface area contributed by atoms with Crippen molar-refractivity contribution in [1.29, 1.82) is 0 Å². The molecule has 0 unspecified atom stereocenters. The Balaban J connectivity index is 0.00000162. The van der Waals surface area contributed by atoms with Crippen molar-refractivity contribution in [2.75, 3.05) is 0 Å². The summed E-state index contributed by atoms with van der Waals surface area (Å²) in [6.45, 7) is 1.74. The Morgan fingerprint density at radius 3 is 1.56 bits per heavy atom. The topological polar surface area (TPSA) is 37.3 Å². The molecule has 2 rings (SSSR count). The summed E-state index contributed by atoms with van der Waals surface area (Å²) in [4.78, 5) is 11.6. The van der Waals surface area contributed by atoms with E-state index in [1.54, 1.807) is 6.92 Å². The molecule has 0 fully saturated rings. The van der Waals surface area contributed by atoms with Gasteiger partial charge in [-0.1, -0.05) is 60.7 Å². The van der Waals surface area contributed by atoms with Gasteiger partial charge in [0.05, 0.1) is 0 Å². The van der Waals surface area contributed by atoms with Crippen molar-refractivity contribution < 1.29 is 30.2 Å². The molecule has 2 aromatic carbocycles. The molecule has 0 radical (unpaired) electrons. The first-order valence-corrected chi connectivity index (χ1v) is 5.50. The summed E-state index contributed by atoms with van der Waals surface area (Å²) < 4.78 is 0. The van der Waals surface area contributed by atoms with E-state index in [1.165, 1.54) is 0 Å². The van der Waals surface area contributed by atoms with Crippen LogP contribution in [0, 0.1) is 0 Å². The SMILES string of the molecule is CC(C(=O)O)(c1ccccc1)c1ccccc1.[H-].[Li+]. The van der Waals surface area contributed by atoms with Crippen molar-refractivity contribution in [2.45, 2.75) is 12.3 Å². The molecule has 0 saturated carbocycles. The van der Waals surface area contributed by atoms with E-state index in [2.05, 4.69) is 0 Å². The van der Waals surface area contributed by atoms with Crippen LogP contribution in [0.2, 0.25) is 0 Å². The normalized spacial score (nSPS) is 10.5. The van der Waals surface area contributed by atoms with Gasteiger partial charge in [0.1, 0.15) is 5.41 Å². The molecule has 0 aliphatic rings. The molecule has 0 heterocycles. The van der Waals surface area contributed by atoms with Crippen LogP contribution >= 0.6 is 0 Å². The summed E-state index contributed by atoms with van der Waals surface area (Å²) >= 11 is 0. The van der Waals surface area contributed by atoms with E-state index in [9.17, 15) is 9.90 Å². The molecule has 0 bridgehead atoms. The van der Waals surface area contributed by atoms with Gasteiger partial charge in [-0.25, -0.2) is 0 Å². The molecule has 0 aliphatic carbocycles. The zero-order chi connectivity index (χ0) is 12.3. The van der Waals surface area contributed by atoms with Crippen LogP contribution in [0.15, 0.2) is 60.7 Å². The fourth-order valence-electron chi connectivity index (χ4n) is 1.96. The molecule has 3 heteroatoms. The molecule has 0 amide bonds. The van der Waals surface area contributed by atoms with Crippen molar-refractivity contribution in [1.82, 2.24) is 0 Å². The van der Waals surface area contributed by atoms with Crippen LogP contribution in [0.5, 0.6) is 0 Å². The molecule has 1 N–H and O–H groups in total. The Morgan fingerprint density at radius 2 is 1.28 bits per heavy atom. The van der Waals surface area contributed by atoms with Gasteiger partial charge >= 0.3 is 24.8 Å². The monoisotopic (exact) mass is 234 g/mol. The number of hydrogen-bond acceptors (Lipinski definition) is 1. The molecule has 88 valence electrons. The van der Waals surface area contributed by atoms with Crippen LogP contribution < -0.4 is 18.9 Å². The molecule has 2 nitrogen and oxygen atoms in total. The second-order valence-corrected chi connectivity index (χ2v) is 4.16. The van der Waals surface area contributed by atoms with Gasteiger partial charge < -0.3 is 6.53 Å². The first kappa shape index (κ1) is 14.6. The van der Waals surface area contributed by atoms with Crippen LogP contribution in [0.25, 0.3) is 0 Å². The van der Waals surface area contributed by atoms with Crippen LogP contribution in [0.4, 0.5) is 0 Å². The standard InChI is InChI=1S/C15H14O2.Li.H/c1-15(14(16)17,12-8-4-2-5-9-12)13-10-6-3-7-11-13;;/h2-11H,1H3,(H,16,17);;/q;+1;-1. The van der Waals surface area contributed by atoms with Crippen molar-refractivity contribution >= 4 is 5.97 Å². The number of carboxylic acid groups (broad SMARTS) is 1. The average molecular weight is 234 g/mol. The molecule has 0 saturated heterocycles. The van der Waals surface area contributed by atoms with Crippen LogP contribution in [-0.4, -0.2) is 11.1 Å². The van der Waals surface area contributed by atoms with Crippen molar-refractivity contribution in [3.63, 3.8) is 0 Å². The first-order valence-electron chi connectivity index (χ1n) is 5.50. The molecule has 18 heavy (non-hydrogen) atoms. The minimum absolute atomic E-state index is 0. The number of carboxylic acids is 1. The molecule has 0 atom stereocenters. The van der Waals surface area contributed by atoms with E-state index >= 15 is 0 Å². The van der Waals surface area contributed by atoms with Gasteiger partial charge in [0, 0.05) is 0 Å². The van der Waals surface area contributed by atoms with E-state index < -0.39 is 11.4 Å². The van der Waals surface area contributed by atoms with Gasteiger partial charge in [-0.2, -0.15) is 0 Å². The fraction of sp³-hybridized carbons (Fsp3) is 0.133. The average Bonchev–Trinajstić information content (AvgIpc) is 2.39. The second kappa shape index (κ2) is 5.91. The quantitative estimate of drug-likeness (QED) is 0.770. The number of aliphatic carboxylic acids is 1. The third kappa shape index (κ3) is 2.50. The van der Waals surface area contributed by atoms with E-state index in [4.69, 9.17) is 0 Å². The zero-order valence-corrected chi connectivity index (χ0v) is 10.6. The predicted octanol–water partition coefficient (Wildman–Crippen LogP) is 0.194. The molecule has 2 aromatic rings. The Kier molecular flexibility index (Phi) is 4.78. The Hall–Kier alpha value is -1.49. The van der Waals surface area contributed by atoms with Gasteiger partial charge in [-0.05, 0) is 18.1 Å². The van der Waals surface area contributed by atoms with Crippen LogP contribution in [-0.2, 0) is 10.2 Å². The van der Waals surface area contributed by atoms with Crippen molar-refractivity contribution in [2.24, 2.45) is 0 Å². The zero-order valence-electron chi connectivity index (χ0n) is 11.6. The third-order valence-electron chi connectivity index (χ3n) is 3.13. The molecular formula is C15H15LiO2. The molecule has 0 aliphatic heterocycles. The van der Waals surface area contributed by atoms with Gasteiger partial charge in [0.15, 0.2) is 0 Å². The summed E-state index contributed by atoms with van der Waals surface area (Å²) in [6, 6.07) is 18.6. The number of carbonyl (C=O) groups is 1. The van der Waals surface area contributed by atoms with E-state index in [0.717, 1.165) is 11.1 Å². The van der Waals surface area contributed by atoms with Gasteiger partial charge in [0.2, 0.25) is 0 Å². The molecule has 0 aromatic heterocycles. The second-order valence-electron chi connectivity index (χ2n) is 4.16. The van der Waals surface area contributed by atoms with Crippen LogP contribution in [0.1, 0.15) is 19.5 Å². The van der Waals surface area contributed by atoms with E-state index in [0.29, 0.717) is 0 Å². The van der Waals surface area contributed by atoms with Crippen molar-refractivity contribution in [3.05, 3.63) is 71.8 Å². The third-order valence-corrected chi connectivity index (χ3v) is 3.13. The maximum Gasteiger partial charge on any atom is 1.00 e. The summed E-state index contributed by atoms with van der Waals surface area (Å²) in [5, 5.41) is 9.54. The first-order chi connectivity index (χ1) is 8.15. The molecular weight excluding hydrogens is 219 g/mol. The van der Waals surface area contributed by atoms with Gasteiger partial charge in [0.25, 0.3) is 0 Å². The fourth-order valence-corrected chi connectivity index (χ4v) is 1.96. The molecule has 0 spiro atoms. The largest absolute Gasteiger partial charge is 1.00 e.